The van der Waals surface area contributed by atoms with Gasteiger partial charge in [0.1, 0.15) is 6.61 Å². The van der Waals surface area contributed by atoms with E-state index in [1.54, 1.807) is 0 Å². The topological polar surface area (TPSA) is 69.7 Å². The molecule has 0 spiro atoms. The number of Topliss-reactive ketones (excluding diaryl/α,β-unsaturated/α-hetero) is 1. The fraction of sp³-hybridized carbons (Fsp3) is 0.783. The van der Waals surface area contributed by atoms with E-state index in [0.717, 1.165) is 25.7 Å². The molecule has 4 aliphatic carbocycles. The minimum atomic E-state index is -0.113. The molecule has 4 aliphatic rings. The Balaban J connectivity index is 1.59. The van der Waals surface area contributed by atoms with Crippen molar-refractivity contribution < 1.29 is 23.9 Å². The number of ether oxygens (including phenoxy) is 2. The Morgan fingerprint density at radius 2 is 1.93 bits per heavy atom. The monoisotopic (exact) mass is 388 g/mol. The van der Waals surface area contributed by atoms with Crippen LogP contribution in [0.4, 0.5) is 0 Å². The first kappa shape index (κ1) is 19.7. The highest BCUT2D eigenvalue weighted by atomic mass is 16.5. The summed E-state index contributed by atoms with van der Waals surface area (Å²) in [6.07, 6.45) is 12.5. The van der Waals surface area contributed by atoms with Crippen molar-refractivity contribution in [2.45, 2.75) is 64.7 Å². The summed E-state index contributed by atoms with van der Waals surface area (Å²) in [6.45, 7) is 3.67. The molecule has 0 heterocycles. The molecule has 3 saturated carbocycles. The lowest BCUT2D eigenvalue weighted by Crippen LogP contribution is -2.54. The van der Waals surface area contributed by atoms with Crippen LogP contribution in [0.15, 0.2) is 11.6 Å². The van der Waals surface area contributed by atoms with Crippen molar-refractivity contribution in [1.29, 1.82) is 0 Å². The largest absolute Gasteiger partial charge is 0.467 e. The predicted molar refractivity (Wildman–Crippen MR) is 103 cm³/mol. The molecule has 0 aromatic rings. The summed E-state index contributed by atoms with van der Waals surface area (Å²) in [5, 5.41) is 0. The second-order valence-corrected chi connectivity index (χ2v) is 9.65. The van der Waals surface area contributed by atoms with Gasteiger partial charge in [-0.25, -0.2) is 0 Å². The first-order chi connectivity index (χ1) is 13.6. The van der Waals surface area contributed by atoms with Crippen LogP contribution in [0.2, 0.25) is 0 Å². The summed E-state index contributed by atoms with van der Waals surface area (Å²) >= 11 is 0. The van der Waals surface area contributed by atoms with Crippen LogP contribution in [0.5, 0.6) is 0 Å². The van der Waals surface area contributed by atoms with E-state index in [4.69, 9.17) is 9.47 Å². The van der Waals surface area contributed by atoms with Gasteiger partial charge in [-0.05, 0) is 68.1 Å². The van der Waals surface area contributed by atoms with Crippen LogP contribution in [0, 0.1) is 34.5 Å². The van der Waals surface area contributed by atoms with Gasteiger partial charge in [0.2, 0.25) is 0 Å². The molecule has 1 unspecified atom stereocenters. The number of carbonyl (C=O) groups excluding carboxylic acids is 3. The van der Waals surface area contributed by atoms with E-state index < -0.39 is 0 Å². The normalized spacial score (nSPS) is 41.7. The Bertz CT molecular complexity index is 670. The zero-order valence-electron chi connectivity index (χ0n) is 16.9. The SMILES string of the molecule is C[C@]12CC[C@H]3[C@@H](CCC4CCCC[C@@]43COC=O)C1=CC[C@@H]2C(=O)COC=O. The third-order valence-electron chi connectivity index (χ3n) is 8.79. The van der Waals surface area contributed by atoms with Crippen molar-refractivity contribution in [2.75, 3.05) is 13.2 Å². The molecule has 3 fully saturated rings. The van der Waals surface area contributed by atoms with Crippen LogP contribution in [-0.4, -0.2) is 31.9 Å². The van der Waals surface area contributed by atoms with E-state index in [1.807, 2.05) is 0 Å². The second-order valence-electron chi connectivity index (χ2n) is 9.65. The van der Waals surface area contributed by atoms with Crippen LogP contribution in [-0.2, 0) is 23.9 Å². The highest BCUT2D eigenvalue weighted by Gasteiger charge is 2.59. The van der Waals surface area contributed by atoms with Crippen molar-refractivity contribution >= 4 is 18.7 Å². The van der Waals surface area contributed by atoms with Gasteiger partial charge in [0.05, 0.1) is 6.61 Å². The van der Waals surface area contributed by atoms with Gasteiger partial charge in [0, 0.05) is 11.3 Å². The van der Waals surface area contributed by atoms with Gasteiger partial charge in [0.25, 0.3) is 12.9 Å². The number of hydrogen-bond acceptors (Lipinski definition) is 5. The van der Waals surface area contributed by atoms with Gasteiger partial charge < -0.3 is 9.47 Å². The Morgan fingerprint density at radius 3 is 2.71 bits per heavy atom. The fourth-order valence-corrected chi connectivity index (χ4v) is 7.58. The molecule has 0 aromatic carbocycles. The Labute approximate surface area is 167 Å². The first-order valence-corrected chi connectivity index (χ1v) is 10.9. The van der Waals surface area contributed by atoms with Crippen LogP contribution < -0.4 is 0 Å². The van der Waals surface area contributed by atoms with Gasteiger partial charge in [-0.1, -0.05) is 31.4 Å². The number of ketones is 1. The average molecular weight is 389 g/mol. The molecule has 5 heteroatoms. The van der Waals surface area contributed by atoms with Crippen molar-refractivity contribution in [3.63, 3.8) is 0 Å². The Kier molecular flexibility index (Phi) is 5.36. The van der Waals surface area contributed by atoms with Gasteiger partial charge in [-0.2, -0.15) is 0 Å². The highest BCUT2D eigenvalue weighted by Crippen LogP contribution is 2.66. The third-order valence-corrected chi connectivity index (χ3v) is 8.79. The zero-order chi connectivity index (χ0) is 19.8. The molecule has 0 radical (unpaired) electrons. The van der Waals surface area contributed by atoms with Crippen molar-refractivity contribution in [2.24, 2.45) is 34.5 Å². The summed E-state index contributed by atoms with van der Waals surface area (Å²) in [5.74, 6) is 1.67. The molecule has 5 nitrogen and oxygen atoms in total. The molecule has 6 atom stereocenters. The van der Waals surface area contributed by atoms with Crippen molar-refractivity contribution in [1.82, 2.24) is 0 Å². The number of allylic oxidation sites excluding steroid dienone is 2. The first-order valence-electron chi connectivity index (χ1n) is 10.9. The van der Waals surface area contributed by atoms with Gasteiger partial charge in [-0.15, -0.1) is 0 Å². The van der Waals surface area contributed by atoms with E-state index >= 15 is 0 Å². The van der Waals surface area contributed by atoms with Crippen molar-refractivity contribution in [3.8, 4) is 0 Å². The van der Waals surface area contributed by atoms with Crippen LogP contribution >= 0.6 is 0 Å². The maximum absolute atomic E-state index is 12.7. The van der Waals surface area contributed by atoms with E-state index in [9.17, 15) is 14.4 Å². The molecule has 0 N–H and O–H groups in total. The Hall–Kier alpha value is -1.65. The van der Waals surface area contributed by atoms with Gasteiger partial charge in [-0.3, -0.25) is 14.4 Å². The summed E-state index contributed by atoms with van der Waals surface area (Å²) in [4.78, 5) is 34.2. The van der Waals surface area contributed by atoms with Crippen molar-refractivity contribution in [3.05, 3.63) is 11.6 Å². The third kappa shape index (κ3) is 2.93. The molecule has 28 heavy (non-hydrogen) atoms. The molecule has 0 aliphatic heterocycles. The summed E-state index contributed by atoms with van der Waals surface area (Å²) in [7, 11) is 0. The summed E-state index contributed by atoms with van der Waals surface area (Å²) < 4.78 is 10.2. The number of rotatable bonds is 7. The zero-order valence-corrected chi connectivity index (χ0v) is 16.9. The van der Waals surface area contributed by atoms with Gasteiger partial charge >= 0.3 is 0 Å². The number of fused-ring (bicyclic) bond motifs is 5. The number of carbonyl (C=O) groups is 3. The molecular formula is C23H32O5. The maximum Gasteiger partial charge on any atom is 0.293 e. The van der Waals surface area contributed by atoms with Crippen LogP contribution in [0.25, 0.3) is 0 Å². The molecule has 0 aromatic heterocycles. The van der Waals surface area contributed by atoms with E-state index in [2.05, 4.69) is 13.0 Å². The highest BCUT2D eigenvalue weighted by molar-refractivity contribution is 5.85. The quantitative estimate of drug-likeness (QED) is 0.489. The standard InChI is InChI=1S/C23H32O5/c1-22-11-9-19-17(18(22)7-8-20(22)21(26)12-27-14-24)6-5-16-4-2-3-10-23(16,19)13-28-15-25/h7,14-17,19-20H,2-6,8-13H2,1H3/t16?,17-,19-,20+,22-,23+/m0/s1. The van der Waals surface area contributed by atoms with E-state index in [0.29, 0.717) is 37.3 Å². The maximum atomic E-state index is 12.7. The fourth-order valence-electron chi connectivity index (χ4n) is 7.58. The lowest BCUT2D eigenvalue weighted by atomic mass is 9.45. The number of hydrogen-bond donors (Lipinski definition) is 0. The van der Waals surface area contributed by atoms with Crippen LogP contribution in [0.3, 0.4) is 0 Å². The van der Waals surface area contributed by atoms with Crippen LogP contribution in [0.1, 0.15) is 64.7 Å². The Morgan fingerprint density at radius 1 is 1.11 bits per heavy atom. The molecule has 0 saturated heterocycles. The average Bonchev–Trinajstić information content (AvgIpc) is 3.07. The molecular weight excluding hydrogens is 356 g/mol. The molecule has 4 rings (SSSR count). The molecule has 154 valence electrons. The minimum absolute atomic E-state index is 0.0460. The van der Waals surface area contributed by atoms with E-state index in [1.165, 1.54) is 37.7 Å². The minimum Gasteiger partial charge on any atom is -0.467 e. The lowest BCUT2D eigenvalue weighted by Gasteiger charge is -2.59. The van der Waals surface area contributed by atoms with E-state index in [-0.39, 0.29) is 29.1 Å². The second kappa shape index (κ2) is 7.64. The lowest BCUT2D eigenvalue weighted by molar-refractivity contribution is -0.148. The van der Waals surface area contributed by atoms with Gasteiger partial charge in [0.15, 0.2) is 5.78 Å². The molecule has 0 amide bonds. The summed E-state index contributed by atoms with van der Waals surface area (Å²) in [6, 6.07) is 0. The predicted octanol–water partition coefficient (Wildman–Crippen LogP) is 3.85. The smallest absolute Gasteiger partial charge is 0.293 e. The summed E-state index contributed by atoms with van der Waals surface area (Å²) in [5.41, 5.74) is 1.47. The molecule has 0 bridgehead atoms.